The van der Waals surface area contributed by atoms with Gasteiger partial charge in [-0.1, -0.05) is 0 Å². The molecule has 2 heterocycles. The molecule has 0 N–H and O–H groups in total. The minimum atomic E-state index is -0.0957. The molecule has 1 unspecified atom stereocenters. The quantitative estimate of drug-likeness (QED) is 0.644. The Morgan fingerprint density at radius 3 is 2.46 bits per heavy atom. The number of thioether (sulfide) groups is 1. The van der Waals surface area contributed by atoms with E-state index in [9.17, 15) is 4.79 Å². The predicted octanol–water partition coefficient (Wildman–Crippen LogP) is 4.38. The maximum absolute atomic E-state index is 13.2. The summed E-state index contributed by atoms with van der Waals surface area (Å²) in [6.07, 6.45) is 3.97. The van der Waals surface area contributed by atoms with Crippen molar-refractivity contribution in [3.05, 3.63) is 78.1 Å². The van der Waals surface area contributed by atoms with Gasteiger partial charge in [0, 0.05) is 41.5 Å². The second-order valence-electron chi connectivity index (χ2n) is 6.47. The molecule has 1 aliphatic heterocycles. The Balaban J connectivity index is 1.61. The van der Waals surface area contributed by atoms with Gasteiger partial charge in [-0.05, 0) is 54.6 Å². The molecule has 144 valence electrons. The van der Waals surface area contributed by atoms with E-state index >= 15 is 0 Å². The van der Waals surface area contributed by atoms with Crippen molar-refractivity contribution in [2.75, 3.05) is 26.5 Å². The molecule has 0 radical (unpaired) electrons. The molecule has 0 saturated carbocycles. The van der Waals surface area contributed by atoms with Crippen molar-refractivity contribution in [1.29, 1.82) is 0 Å². The van der Waals surface area contributed by atoms with Crippen molar-refractivity contribution >= 4 is 17.7 Å². The van der Waals surface area contributed by atoms with Crippen LogP contribution in [-0.4, -0.2) is 41.9 Å². The summed E-state index contributed by atoms with van der Waals surface area (Å²) >= 11 is 1.74. The molecule has 1 saturated heterocycles. The average Bonchev–Trinajstić information content (AvgIpc) is 3.45. The van der Waals surface area contributed by atoms with Gasteiger partial charge in [0.15, 0.2) is 0 Å². The van der Waals surface area contributed by atoms with Gasteiger partial charge in [0.2, 0.25) is 0 Å². The minimum absolute atomic E-state index is 0.0268. The lowest BCUT2D eigenvalue weighted by molar-refractivity contribution is 0.0759. The van der Waals surface area contributed by atoms with Gasteiger partial charge in [-0.15, -0.1) is 11.8 Å². The highest BCUT2D eigenvalue weighted by molar-refractivity contribution is 7.99. The number of amides is 1. The summed E-state index contributed by atoms with van der Waals surface area (Å²) < 4.78 is 12.9. The summed E-state index contributed by atoms with van der Waals surface area (Å²) in [6.45, 7) is 0.702. The van der Waals surface area contributed by atoms with Crippen molar-refractivity contribution in [1.82, 2.24) is 9.47 Å². The first kappa shape index (κ1) is 18.5. The number of carbonyl (C=O) groups excluding carboxylic acids is 1. The van der Waals surface area contributed by atoms with Crippen LogP contribution >= 0.6 is 11.8 Å². The van der Waals surface area contributed by atoms with E-state index in [0.29, 0.717) is 12.1 Å². The summed E-state index contributed by atoms with van der Waals surface area (Å²) in [4.78, 5) is 15.1. The average molecular weight is 394 g/mol. The van der Waals surface area contributed by atoms with Crippen LogP contribution in [0.25, 0.3) is 5.69 Å². The molecule has 0 bridgehead atoms. The first-order valence-electron chi connectivity index (χ1n) is 9.09. The molecule has 1 aliphatic rings. The third-order valence-corrected chi connectivity index (χ3v) is 6.11. The number of aromatic nitrogens is 1. The number of rotatable bonds is 5. The summed E-state index contributed by atoms with van der Waals surface area (Å²) in [5.74, 6) is 2.43. The van der Waals surface area contributed by atoms with Crippen LogP contribution in [0.1, 0.15) is 21.3 Å². The Hall–Kier alpha value is -2.86. The van der Waals surface area contributed by atoms with Crippen LogP contribution in [0.2, 0.25) is 0 Å². The zero-order valence-electron chi connectivity index (χ0n) is 15.9. The number of methoxy groups -OCH3 is 2. The topological polar surface area (TPSA) is 43.7 Å². The Morgan fingerprint density at radius 1 is 1.04 bits per heavy atom. The summed E-state index contributed by atoms with van der Waals surface area (Å²) in [5.41, 5.74) is 2.68. The molecular weight excluding hydrogens is 372 g/mol. The highest BCUT2D eigenvalue weighted by atomic mass is 32.2. The molecule has 2 aromatic carbocycles. The SMILES string of the molecule is COc1ccc(OC)c(C2SCCN2C(=O)c2ccc(-n3cccc3)cc2)c1. The van der Waals surface area contributed by atoms with E-state index in [1.165, 1.54) is 0 Å². The first-order valence-corrected chi connectivity index (χ1v) is 10.1. The largest absolute Gasteiger partial charge is 0.497 e. The molecule has 4 rings (SSSR count). The van der Waals surface area contributed by atoms with E-state index in [-0.39, 0.29) is 11.3 Å². The Labute approximate surface area is 168 Å². The Bertz CT molecular complexity index is 954. The van der Waals surface area contributed by atoms with Crippen molar-refractivity contribution in [2.24, 2.45) is 0 Å². The lowest BCUT2D eigenvalue weighted by Crippen LogP contribution is -2.30. The highest BCUT2D eigenvalue weighted by Crippen LogP contribution is 2.43. The summed E-state index contributed by atoms with van der Waals surface area (Å²) in [6, 6.07) is 17.4. The number of hydrogen-bond acceptors (Lipinski definition) is 4. The van der Waals surface area contributed by atoms with E-state index < -0.39 is 0 Å². The standard InChI is InChI=1S/C22H22N2O3S/c1-26-18-9-10-20(27-2)19(15-18)22-24(13-14-28-22)21(25)16-5-7-17(8-6-16)23-11-3-4-12-23/h3-12,15,22H,13-14H2,1-2H3. The van der Waals surface area contributed by atoms with Crippen molar-refractivity contribution in [3.63, 3.8) is 0 Å². The molecule has 1 aromatic heterocycles. The normalized spacial score (nSPS) is 16.2. The first-order chi connectivity index (χ1) is 13.7. The third-order valence-electron chi connectivity index (χ3n) is 4.87. The predicted molar refractivity (Wildman–Crippen MR) is 112 cm³/mol. The highest BCUT2D eigenvalue weighted by Gasteiger charge is 2.33. The number of nitrogens with zero attached hydrogens (tertiary/aromatic N) is 2. The molecule has 5 nitrogen and oxygen atoms in total. The van der Waals surface area contributed by atoms with Gasteiger partial charge in [0.05, 0.1) is 14.2 Å². The van der Waals surface area contributed by atoms with E-state index in [1.807, 2.05) is 76.5 Å². The van der Waals surface area contributed by atoms with Crippen LogP contribution in [0.5, 0.6) is 11.5 Å². The lowest BCUT2D eigenvalue weighted by atomic mass is 10.1. The molecule has 3 aromatic rings. The molecule has 0 aliphatic carbocycles. The fourth-order valence-electron chi connectivity index (χ4n) is 3.42. The van der Waals surface area contributed by atoms with Crippen LogP contribution in [0.3, 0.4) is 0 Å². The van der Waals surface area contributed by atoms with Crippen LogP contribution in [-0.2, 0) is 0 Å². The van der Waals surface area contributed by atoms with Gasteiger partial charge in [-0.2, -0.15) is 0 Å². The van der Waals surface area contributed by atoms with Crippen LogP contribution < -0.4 is 9.47 Å². The monoisotopic (exact) mass is 394 g/mol. The van der Waals surface area contributed by atoms with Crippen LogP contribution in [0.4, 0.5) is 0 Å². The molecular formula is C22H22N2O3S. The lowest BCUT2D eigenvalue weighted by Gasteiger charge is -2.26. The zero-order valence-corrected chi connectivity index (χ0v) is 16.7. The summed E-state index contributed by atoms with van der Waals surface area (Å²) in [5, 5.41) is -0.0957. The van der Waals surface area contributed by atoms with Gasteiger partial charge < -0.3 is 18.9 Å². The number of ether oxygens (including phenoxy) is 2. The second-order valence-corrected chi connectivity index (χ2v) is 7.65. The van der Waals surface area contributed by atoms with Gasteiger partial charge in [-0.3, -0.25) is 4.79 Å². The fourth-order valence-corrected chi connectivity index (χ4v) is 4.69. The van der Waals surface area contributed by atoms with E-state index in [2.05, 4.69) is 0 Å². The second kappa shape index (κ2) is 8.02. The molecule has 1 atom stereocenters. The summed E-state index contributed by atoms with van der Waals surface area (Å²) in [7, 11) is 3.29. The van der Waals surface area contributed by atoms with E-state index in [0.717, 1.165) is 28.5 Å². The smallest absolute Gasteiger partial charge is 0.255 e. The van der Waals surface area contributed by atoms with Crippen LogP contribution in [0, 0.1) is 0 Å². The molecule has 1 fully saturated rings. The Morgan fingerprint density at radius 2 is 1.79 bits per heavy atom. The number of carbonyl (C=O) groups is 1. The van der Waals surface area contributed by atoms with Gasteiger partial charge in [0.1, 0.15) is 16.9 Å². The third kappa shape index (κ3) is 3.47. The molecule has 0 spiro atoms. The van der Waals surface area contributed by atoms with Crippen molar-refractivity contribution < 1.29 is 14.3 Å². The molecule has 1 amide bonds. The van der Waals surface area contributed by atoms with E-state index in [1.54, 1.807) is 26.0 Å². The molecule has 6 heteroatoms. The number of hydrogen-bond donors (Lipinski definition) is 0. The maximum atomic E-state index is 13.2. The number of benzene rings is 2. The fraction of sp³-hybridized carbons (Fsp3) is 0.227. The van der Waals surface area contributed by atoms with Gasteiger partial charge >= 0.3 is 0 Å². The molecule has 28 heavy (non-hydrogen) atoms. The Kier molecular flexibility index (Phi) is 5.30. The van der Waals surface area contributed by atoms with Crippen LogP contribution in [0.15, 0.2) is 67.0 Å². The van der Waals surface area contributed by atoms with Crippen molar-refractivity contribution in [3.8, 4) is 17.2 Å². The van der Waals surface area contributed by atoms with Gasteiger partial charge in [-0.25, -0.2) is 0 Å². The van der Waals surface area contributed by atoms with Gasteiger partial charge in [0.25, 0.3) is 5.91 Å². The van der Waals surface area contributed by atoms with E-state index in [4.69, 9.17) is 9.47 Å². The zero-order chi connectivity index (χ0) is 19.5. The maximum Gasteiger partial charge on any atom is 0.255 e. The minimum Gasteiger partial charge on any atom is -0.497 e. The van der Waals surface area contributed by atoms with Crippen molar-refractivity contribution in [2.45, 2.75) is 5.37 Å².